The number of nitrogens with one attached hydrogen (secondary N) is 1. The van der Waals surface area contributed by atoms with E-state index in [-0.39, 0.29) is 11.7 Å². The van der Waals surface area contributed by atoms with Gasteiger partial charge in [-0.25, -0.2) is 9.37 Å². The van der Waals surface area contributed by atoms with Gasteiger partial charge in [0.1, 0.15) is 11.3 Å². The fourth-order valence-electron chi connectivity index (χ4n) is 3.12. The first-order valence-electron chi connectivity index (χ1n) is 9.91. The lowest BCUT2D eigenvalue weighted by Gasteiger charge is -2.06. The molecular weight excluding hydrogens is 397 g/mol. The fraction of sp³-hybridized carbons (Fsp3) is 0.125. The van der Waals surface area contributed by atoms with E-state index in [4.69, 9.17) is 9.15 Å². The van der Waals surface area contributed by atoms with Crippen molar-refractivity contribution in [2.75, 3.05) is 5.32 Å². The molecule has 0 unspecified atom stereocenters. The van der Waals surface area contributed by atoms with Crippen LogP contribution in [0.2, 0.25) is 0 Å². The van der Waals surface area contributed by atoms with E-state index in [1.807, 2.05) is 0 Å². The molecule has 31 heavy (non-hydrogen) atoms. The largest absolute Gasteiger partial charge is 0.453 e. The van der Waals surface area contributed by atoms with E-state index in [0.717, 1.165) is 24.2 Å². The molecule has 1 aliphatic rings. The number of anilines is 1. The second kappa shape index (κ2) is 8.02. The highest BCUT2D eigenvalue weighted by molar-refractivity contribution is 6.02. The summed E-state index contributed by atoms with van der Waals surface area (Å²) in [5.74, 6) is 0.848. The summed E-state index contributed by atoms with van der Waals surface area (Å²) in [6.07, 6.45) is 8.21. The number of halogens is 1. The number of fused-ring (bicyclic) bond motifs is 1. The lowest BCUT2D eigenvalue weighted by Crippen LogP contribution is -2.07. The zero-order chi connectivity index (χ0) is 21.2. The highest BCUT2D eigenvalue weighted by Gasteiger charge is 2.28. The van der Waals surface area contributed by atoms with E-state index in [9.17, 15) is 9.18 Å². The van der Waals surface area contributed by atoms with E-state index in [1.54, 1.807) is 42.6 Å². The standard InChI is InChI=1S/C24H18FN3O3/c25-19-12-15(3-8-21(19)30-18-2-1-11-26-14-18)4-10-23(29)27-17-7-9-22-20(13-17)28-24(31-22)16-5-6-16/h1-4,7-14,16H,5-6H2,(H,27,29)/b10-4+. The third-order valence-electron chi connectivity index (χ3n) is 4.84. The van der Waals surface area contributed by atoms with E-state index in [1.165, 1.54) is 30.5 Å². The van der Waals surface area contributed by atoms with Gasteiger partial charge in [0.05, 0.1) is 6.20 Å². The molecule has 1 fully saturated rings. The van der Waals surface area contributed by atoms with Gasteiger partial charge >= 0.3 is 0 Å². The molecule has 5 rings (SSSR count). The Morgan fingerprint density at radius 3 is 2.87 bits per heavy atom. The number of hydrogen-bond donors (Lipinski definition) is 1. The third kappa shape index (κ3) is 4.45. The summed E-state index contributed by atoms with van der Waals surface area (Å²) in [6, 6.07) is 13.2. The van der Waals surface area contributed by atoms with Gasteiger partial charge in [-0.15, -0.1) is 0 Å². The zero-order valence-corrected chi connectivity index (χ0v) is 16.4. The quantitative estimate of drug-likeness (QED) is 0.410. The maximum absolute atomic E-state index is 14.3. The smallest absolute Gasteiger partial charge is 0.248 e. The predicted molar refractivity (Wildman–Crippen MR) is 114 cm³/mol. The average molecular weight is 415 g/mol. The summed E-state index contributed by atoms with van der Waals surface area (Å²) in [4.78, 5) is 20.7. The summed E-state index contributed by atoms with van der Waals surface area (Å²) in [7, 11) is 0. The predicted octanol–water partition coefficient (Wildman–Crippen LogP) is 5.68. The Morgan fingerprint density at radius 1 is 1.19 bits per heavy atom. The van der Waals surface area contributed by atoms with Crippen LogP contribution in [-0.2, 0) is 4.79 Å². The van der Waals surface area contributed by atoms with Crippen LogP contribution in [0.1, 0.15) is 30.2 Å². The van der Waals surface area contributed by atoms with Gasteiger partial charge < -0.3 is 14.5 Å². The molecule has 2 aromatic carbocycles. The summed E-state index contributed by atoms with van der Waals surface area (Å²) >= 11 is 0. The molecule has 6 nitrogen and oxygen atoms in total. The highest BCUT2D eigenvalue weighted by Crippen LogP contribution is 2.40. The number of rotatable bonds is 6. The van der Waals surface area contributed by atoms with Crippen molar-refractivity contribution in [3.8, 4) is 11.5 Å². The Bertz CT molecular complexity index is 1280. The Balaban J connectivity index is 1.24. The third-order valence-corrected chi connectivity index (χ3v) is 4.84. The first-order chi connectivity index (χ1) is 15.1. The Hall–Kier alpha value is -4.00. The SMILES string of the molecule is O=C(/C=C/c1ccc(Oc2cccnc2)c(F)c1)Nc1ccc2oc(C3CC3)nc2c1. The number of carbonyl (C=O) groups excluding carboxylic acids is 1. The lowest BCUT2D eigenvalue weighted by atomic mass is 10.2. The molecule has 0 bridgehead atoms. The molecule has 0 saturated heterocycles. The van der Waals surface area contributed by atoms with Crippen molar-refractivity contribution in [3.63, 3.8) is 0 Å². The van der Waals surface area contributed by atoms with Crippen molar-refractivity contribution < 1.29 is 18.3 Å². The molecule has 2 aromatic heterocycles. The maximum Gasteiger partial charge on any atom is 0.248 e. The van der Waals surface area contributed by atoms with Crippen molar-refractivity contribution in [2.24, 2.45) is 0 Å². The van der Waals surface area contributed by atoms with Crippen LogP contribution in [0.5, 0.6) is 11.5 Å². The molecule has 1 saturated carbocycles. The Labute approximate surface area is 177 Å². The van der Waals surface area contributed by atoms with Gasteiger partial charge in [-0.2, -0.15) is 0 Å². The topological polar surface area (TPSA) is 77.2 Å². The van der Waals surface area contributed by atoms with E-state index >= 15 is 0 Å². The lowest BCUT2D eigenvalue weighted by molar-refractivity contribution is -0.111. The molecule has 1 amide bonds. The minimum Gasteiger partial charge on any atom is -0.453 e. The van der Waals surface area contributed by atoms with Crippen molar-refractivity contribution in [2.45, 2.75) is 18.8 Å². The summed E-state index contributed by atoms with van der Waals surface area (Å²) < 4.78 is 25.5. The molecule has 0 radical (unpaired) electrons. The van der Waals surface area contributed by atoms with Gasteiger partial charge in [0.25, 0.3) is 0 Å². The number of aromatic nitrogens is 2. The normalized spacial score (nSPS) is 13.6. The minimum absolute atomic E-state index is 0.0843. The Kier molecular flexibility index (Phi) is 4.92. The van der Waals surface area contributed by atoms with Gasteiger partial charge in [0, 0.05) is 23.9 Å². The molecule has 4 aromatic rings. The molecule has 1 N–H and O–H groups in total. The maximum atomic E-state index is 14.3. The van der Waals surface area contributed by atoms with Crippen molar-refractivity contribution in [1.29, 1.82) is 0 Å². The summed E-state index contributed by atoms with van der Waals surface area (Å²) in [5, 5.41) is 2.78. The van der Waals surface area contributed by atoms with Gasteiger partial charge in [-0.1, -0.05) is 6.07 Å². The minimum atomic E-state index is -0.533. The van der Waals surface area contributed by atoms with E-state index in [0.29, 0.717) is 28.5 Å². The van der Waals surface area contributed by atoms with Gasteiger partial charge in [-0.05, 0) is 66.9 Å². The van der Waals surface area contributed by atoms with Crippen molar-refractivity contribution in [3.05, 3.63) is 84.3 Å². The number of carbonyl (C=O) groups is 1. The van der Waals surface area contributed by atoms with E-state index < -0.39 is 5.82 Å². The second-order valence-electron chi connectivity index (χ2n) is 7.31. The highest BCUT2D eigenvalue weighted by atomic mass is 19.1. The molecule has 0 spiro atoms. The van der Waals surface area contributed by atoms with Crippen LogP contribution >= 0.6 is 0 Å². The first kappa shape index (κ1) is 19.0. The summed E-state index contributed by atoms with van der Waals surface area (Å²) in [5.41, 5.74) is 2.57. The van der Waals surface area contributed by atoms with Crippen LogP contribution in [0.15, 0.2) is 71.4 Å². The number of pyridine rings is 1. The number of nitrogens with zero attached hydrogens (tertiary/aromatic N) is 2. The number of amides is 1. The molecule has 0 aliphatic heterocycles. The van der Waals surface area contributed by atoms with Crippen LogP contribution in [0, 0.1) is 5.82 Å². The van der Waals surface area contributed by atoms with Crippen LogP contribution < -0.4 is 10.1 Å². The first-order valence-corrected chi connectivity index (χ1v) is 9.91. The monoisotopic (exact) mass is 415 g/mol. The van der Waals surface area contributed by atoms with Crippen LogP contribution in [0.25, 0.3) is 17.2 Å². The molecule has 1 aliphatic carbocycles. The summed E-state index contributed by atoms with van der Waals surface area (Å²) in [6.45, 7) is 0. The van der Waals surface area contributed by atoms with Crippen molar-refractivity contribution in [1.82, 2.24) is 9.97 Å². The number of benzene rings is 2. The van der Waals surface area contributed by atoms with Crippen LogP contribution in [0.3, 0.4) is 0 Å². The molecule has 154 valence electrons. The van der Waals surface area contributed by atoms with Gasteiger partial charge in [0.2, 0.25) is 5.91 Å². The Morgan fingerprint density at radius 2 is 2.10 bits per heavy atom. The average Bonchev–Trinajstić information content (AvgIpc) is 3.54. The molecule has 2 heterocycles. The number of hydrogen-bond acceptors (Lipinski definition) is 5. The molecule has 0 atom stereocenters. The second-order valence-corrected chi connectivity index (χ2v) is 7.31. The van der Waals surface area contributed by atoms with Gasteiger partial charge in [-0.3, -0.25) is 9.78 Å². The van der Waals surface area contributed by atoms with Crippen LogP contribution in [-0.4, -0.2) is 15.9 Å². The fourth-order valence-corrected chi connectivity index (χ4v) is 3.12. The molecule has 7 heteroatoms. The zero-order valence-electron chi connectivity index (χ0n) is 16.4. The number of ether oxygens (including phenoxy) is 1. The van der Waals surface area contributed by atoms with Crippen LogP contribution in [0.4, 0.5) is 10.1 Å². The molecular formula is C24H18FN3O3. The van der Waals surface area contributed by atoms with E-state index in [2.05, 4.69) is 15.3 Å². The van der Waals surface area contributed by atoms with Crippen molar-refractivity contribution >= 4 is 28.8 Å². The van der Waals surface area contributed by atoms with Gasteiger partial charge in [0.15, 0.2) is 23.0 Å². The number of oxazole rings is 1.